The Kier molecular flexibility index (Phi) is 6.47. The molecule has 3 N–H and O–H groups in total. The van der Waals surface area contributed by atoms with Crippen LogP contribution in [0, 0.1) is 0 Å². The highest BCUT2D eigenvalue weighted by molar-refractivity contribution is 5.89. The summed E-state index contributed by atoms with van der Waals surface area (Å²) in [4.78, 5) is 35.0. The third-order valence-electron chi connectivity index (χ3n) is 4.79. The first-order valence-corrected chi connectivity index (χ1v) is 9.33. The summed E-state index contributed by atoms with van der Waals surface area (Å²) in [5.41, 5.74) is 3.90. The van der Waals surface area contributed by atoms with Crippen LogP contribution in [0.5, 0.6) is 0 Å². The molecule has 0 fully saturated rings. The highest BCUT2D eigenvalue weighted by atomic mass is 19.4. The van der Waals surface area contributed by atoms with E-state index in [4.69, 9.17) is 9.84 Å². The van der Waals surface area contributed by atoms with E-state index in [-0.39, 0.29) is 12.5 Å². The predicted molar refractivity (Wildman–Crippen MR) is 103 cm³/mol. The number of hydrogen-bond donors (Lipinski definition) is 3. The van der Waals surface area contributed by atoms with Crippen molar-refractivity contribution < 1.29 is 37.4 Å². The lowest BCUT2D eigenvalue weighted by Gasteiger charge is -2.19. The molecule has 2 aromatic rings. The number of fused-ring (bicyclic) bond motifs is 3. The van der Waals surface area contributed by atoms with E-state index < -0.39 is 43.2 Å². The second-order valence-electron chi connectivity index (χ2n) is 6.95. The van der Waals surface area contributed by atoms with E-state index in [0.717, 1.165) is 22.3 Å². The molecule has 0 saturated heterocycles. The first kappa shape index (κ1) is 22.1. The Morgan fingerprint density at radius 1 is 1.00 bits per heavy atom. The van der Waals surface area contributed by atoms with E-state index in [0.29, 0.717) is 0 Å². The largest absolute Gasteiger partial charge is 0.481 e. The number of carboxylic acid groups (broad SMARTS) is 1. The summed E-state index contributed by atoms with van der Waals surface area (Å²) in [7, 11) is 0. The summed E-state index contributed by atoms with van der Waals surface area (Å²) in [6.07, 6.45) is -6.67. The lowest BCUT2D eigenvalue weighted by atomic mass is 9.98. The number of amides is 2. The number of alkyl carbamates (subject to hydrolysis) is 1. The van der Waals surface area contributed by atoms with Crippen molar-refractivity contribution in [3.8, 4) is 11.1 Å². The number of carbonyl (C=O) groups excluding carboxylic acids is 2. The van der Waals surface area contributed by atoms with Crippen molar-refractivity contribution in [1.29, 1.82) is 0 Å². The summed E-state index contributed by atoms with van der Waals surface area (Å²) >= 11 is 0. The van der Waals surface area contributed by atoms with Crippen LogP contribution in [-0.4, -0.2) is 48.4 Å². The predicted octanol–water partition coefficient (Wildman–Crippen LogP) is 3.05. The maximum atomic E-state index is 12.3. The molecule has 31 heavy (non-hydrogen) atoms. The van der Waals surface area contributed by atoms with E-state index in [1.54, 1.807) is 5.32 Å². The summed E-state index contributed by atoms with van der Waals surface area (Å²) in [5.74, 6) is -3.01. The molecule has 0 bridgehead atoms. The van der Waals surface area contributed by atoms with Crippen LogP contribution in [-0.2, 0) is 14.3 Å². The zero-order chi connectivity index (χ0) is 22.6. The lowest BCUT2D eigenvalue weighted by Crippen LogP contribution is -2.49. The lowest BCUT2D eigenvalue weighted by molar-refractivity contribution is -0.143. The standard InChI is InChI=1S/C21H19F3N2O5/c22-21(23,24)11-25-19(29)17(9-18(27)28)26-20(30)31-10-16-14-7-3-1-5-12(14)13-6-2-4-8-15(13)16/h1-8,16-17H,9-11H2,(H,25,29)(H,26,30)(H,27,28). The van der Waals surface area contributed by atoms with Crippen LogP contribution in [0.1, 0.15) is 23.5 Å². The third kappa shape index (κ3) is 5.53. The van der Waals surface area contributed by atoms with Gasteiger partial charge in [-0.25, -0.2) is 4.79 Å². The number of halogens is 3. The van der Waals surface area contributed by atoms with Gasteiger partial charge in [0.25, 0.3) is 0 Å². The van der Waals surface area contributed by atoms with Gasteiger partial charge in [0.15, 0.2) is 0 Å². The number of alkyl halides is 3. The van der Waals surface area contributed by atoms with Crippen molar-refractivity contribution in [2.24, 2.45) is 0 Å². The molecule has 7 nitrogen and oxygen atoms in total. The molecular weight excluding hydrogens is 417 g/mol. The summed E-state index contributed by atoms with van der Waals surface area (Å²) in [6.45, 7) is -1.74. The average molecular weight is 436 g/mol. The van der Waals surface area contributed by atoms with E-state index in [2.05, 4.69) is 0 Å². The van der Waals surface area contributed by atoms with Gasteiger partial charge in [0, 0.05) is 5.92 Å². The molecule has 10 heteroatoms. The molecule has 2 amide bonds. The highest BCUT2D eigenvalue weighted by Crippen LogP contribution is 2.44. The molecule has 0 heterocycles. The number of hydrogen-bond acceptors (Lipinski definition) is 4. The molecule has 1 unspecified atom stereocenters. The maximum absolute atomic E-state index is 12.3. The van der Waals surface area contributed by atoms with Crippen LogP contribution in [0.2, 0.25) is 0 Å². The molecule has 0 saturated carbocycles. The minimum atomic E-state index is -4.67. The van der Waals surface area contributed by atoms with E-state index in [1.807, 2.05) is 53.8 Å². The molecule has 0 aliphatic heterocycles. The number of ether oxygens (including phenoxy) is 1. The van der Waals surface area contributed by atoms with E-state index in [1.165, 1.54) is 0 Å². The van der Waals surface area contributed by atoms with Crippen LogP contribution >= 0.6 is 0 Å². The number of carbonyl (C=O) groups is 3. The Balaban J connectivity index is 1.65. The molecule has 1 aliphatic carbocycles. The second-order valence-corrected chi connectivity index (χ2v) is 6.95. The fourth-order valence-electron chi connectivity index (χ4n) is 3.48. The van der Waals surface area contributed by atoms with Crippen molar-refractivity contribution in [2.45, 2.75) is 24.6 Å². The topological polar surface area (TPSA) is 105 Å². The first-order valence-electron chi connectivity index (χ1n) is 9.33. The Morgan fingerprint density at radius 2 is 1.55 bits per heavy atom. The van der Waals surface area contributed by atoms with Gasteiger partial charge in [-0.3, -0.25) is 9.59 Å². The summed E-state index contributed by atoms with van der Waals surface area (Å²) in [5, 5.41) is 12.5. The Hall–Kier alpha value is -3.56. The van der Waals surface area contributed by atoms with Gasteiger partial charge in [0.1, 0.15) is 19.2 Å². The Morgan fingerprint density at radius 3 is 2.06 bits per heavy atom. The second kappa shape index (κ2) is 9.07. The fraction of sp³-hybridized carbons (Fsp3) is 0.286. The molecule has 164 valence electrons. The summed E-state index contributed by atoms with van der Waals surface area (Å²) < 4.78 is 42.1. The van der Waals surface area contributed by atoms with Crippen molar-refractivity contribution in [1.82, 2.24) is 10.6 Å². The van der Waals surface area contributed by atoms with Gasteiger partial charge in [0.05, 0.1) is 6.42 Å². The van der Waals surface area contributed by atoms with E-state index in [9.17, 15) is 27.6 Å². The number of aliphatic carboxylic acids is 1. The van der Waals surface area contributed by atoms with Crippen LogP contribution in [0.3, 0.4) is 0 Å². The van der Waals surface area contributed by atoms with Gasteiger partial charge in [-0.1, -0.05) is 48.5 Å². The third-order valence-corrected chi connectivity index (χ3v) is 4.79. The fourth-order valence-corrected chi connectivity index (χ4v) is 3.48. The normalized spacial score (nSPS) is 13.6. The minimum Gasteiger partial charge on any atom is -0.481 e. The highest BCUT2D eigenvalue weighted by Gasteiger charge is 2.32. The van der Waals surface area contributed by atoms with Gasteiger partial charge < -0.3 is 20.5 Å². The number of benzene rings is 2. The minimum absolute atomic E-state index is 0.0934. The molecule has 1 aliphatic rings. The van der Waals surface area contributed by atoms with Crippen molar-refractivity contribution in [3.05, 3.63) is 59.7 Å². The van der Waals surface area contributed by atoms with Gasteiger partial charge in [-0.15, -0.1) is 0 Å². The molecule has 2 aromatic carbocycles. The summed E-state index contributed by atoms with van der Waals surface area (Å²) in [6, 6.07) is 13.5. The molecule has 0 radical (unpaired) electrons. The number of nitrogens with one attached hydrogen (secondary N) is 2. The Bertz CT molecular complexity index is 947. The van der Waals surface area contributed by atoms with E-state index >= 15 is 0 Å². The first-order chi connectivity index (χ1) is 14.7. The van der Waals surface area contributed by atoms with Crippen LogP contribution in [0.4, 0.5) is 18.0 Å². The van der Waals surface area contributed by atoms with Crippen LogP contribution in [0.15, 0.2) is 48.5 Å². The molecule has 1 atom stereocenters. The quantitative estimate of drug-likeness (QED) is 0.619. The smallest absolute Gasteiger partial charge is 0.407 e. The zero-order valence-electron chi connectivity index (χ0n) is 16.1. The van der Waals surface area contributed by atoms with Gasteiger partial charge in [-0.05, 0) is 22.3 Å². The molecular formula is C21H19F3N2O5. The molecule has 0 spiro atoms. The SMILES string of the molecule is O=C(O)CC(NC(=O)OCC1c2ccccc2-c2ccccc21)C(=O)NCC(F)(F)F. The van der Waals surface area contributed by atoms with Crippen molar-refractivity contribution in [2.75, 3.05) is 13.2 Å². The van der Waals surface area contributed by atoms with Gasteiger partial charge in [-0.2, -0.15) is 13.2 Å². The van der Waals surface area contributed by atoms with Gasteiger partial charge in [0.2, 0.25) is 5.91 Å². The van der Waals surface area contributed by atoms with Crippen LogP contribution in [0.25, 0.3) is 11.1 Å². The molecule has 0 aromatic heterocycles. The number of rotatable bonds is 7. The monoisotopic (exact) mass is 436 g/mol. The van der Waals surface area contributed by atoms with Gasteiger partial charge >= 0.3 is 18.2 Å². The number of carboxylic acids is 1. The van der Waals surface area contributed by atoms with Crippen LogP contribution < -0.4 is 10.6 Å². The van der Waals surface area contributed by atoms with Crippen molar-refractivity contribution >= 4 is 18.0 Å². The van der Waals surface area contributed by atoms with Crippen molar-refractivity contribution in [3.63, 3.8) is 0 Å². The average Bonchev–Trinajstić information content (AvgIpc) is 3.03. The Labute approximate surface area is 175 Å². The molecule has 3 rings (SSSR count). The maximum Gasteiger partial charge on any atom is 0.407 e. The zero-order valence-corrected chi connectivity index (χ0v) is 16.1.